The number of hydrogen-bond donors (Lipinski definition) is 1. The fraction of sp³-hybridized carbons (Fsp3) is 0.227. The van der Waals surface area contributed by atoms with Gasteiger partial charge in [0.05, 0.1) is 5.69 Å². The minimum absolute atomic E-state index is 0.0390. The van der Waals surface area contributed by atoms with E-state index in [1.165, 1.54) is 31.7 Å². The van der Waals surface area contributed by atoms with Gasteiger partial charge in [0.15, 0.2) is 6.29 Å². The summed E-state index contributed by atoms with van der Waals surface area (Å²) >= 11 is 3.22. The van der Waals surface area contributed by atoms with Crippen LogP contribution in [0.1, 0.15) is 31.1 Å². The molecule has 0 aliphatic rings. The van der Waals surface area contributed by atoms with Gasteiger partial charge in [0.25, 0.3) is 10.0 Å². The Morgan fingerprint density at radius 3 is 2.31 bits per heavy atom. The van der Waals surface area contributed by atoms with E-state index in [4.69, 9.17) is 4.74 Å². The quantitative estimate of drug-likeness (QED) is 0.506. The summed E-state index contributed by atoms with van der Waals surface area (Å²) in [5, 5.41) is 2.36. The molecule has 2 heterocycles. The minimum atomic E-state index is -3.86. The van der Waals surface area contributed by atoms with Gasteiger partial charge in [-0.2, -0.15) is 0 Å². The number of nitrogens with one attached hydrogen (secondary N) is 1. The molecule has 1 amide bonds. The Morgan fingerprint density at radius 2 is 1.81 bits per heavy atom. The zero-order chi connectivity index (χ0) is 23.9. The first-order valence-electron chi connectivity index (χ1n) is 9.48. The van der Waals surface area contributed by atoms with Gasteiger partial charge in [0, 0.05) is 35.7 Å². The number of halogens is 1. The van der Waals surface area contributed by atoms with Crippen LogP contribution in [0.2, 0.25) is 0 Å². The zero-order valence-corrected chi connectivity index (χ0v) is 20.5. The highest BCUT2D eigenvalue weighted by molar-refractivity contribution is 9.10. The molecule has 0 radical (unpaired) electrons. The summed E-state index contributed by atoms with van der Waals surface area (Å²) in [5.74, 6) is 0. The number of nitrogens with zero attached hydrogens (tertiary/aromatic N) is 2. The molecule has 8 nitrogen and oxygen atoms in total. The monoisotopic (exact) mass is 521 g/mol. The van der Waals surface area contributed by atoms with Crippen molar-refractivity contribution in [2.45, 2.75) is 31.3 Å². The van der Waals surface area contributed by atoms with Gasteiger partial charge in [-0.05, 0) is 54.4 Å². The number of carbonyl (C=O) groups is 2. The standard InChI is InChI=1S/C16H11BrN2O3S.C6H13NO2/c17-14-7-15(9-18-8-14)23(21,22)19-10-12(11-20)6-16(19)13-4-2-1-3-5-13;1-6(2,3)9-5(8)7-4/h1-11H;1-4H3,(H,7,8). The molecule has 1 aromatic carbocycles. The van der Waals surface area contributed by atoms with Crippen molar-refractivity contribution in [1.29, 1.82) is 0 Å². The van der Waals surface area contributed by atoms with Gasteiger partial charge in [-0.25, -0.2) is 17.2 Å². The van der Waals surface area contributed by atoms with Crippen molar-refractivity contribution in [2.24, 2.45) is 0 Å². The summed E-state index contributed by atoms with van der Waals surface area (Å²) in [7, 11) is -2.33. The van der Waals surface area contributed by atoms with Gasteiger partial charge in [-0.3, -0.25) is 9.78 Å². The van der Waals surface area contributed by atoms with Crippen LogP contribution in [0, 0.1) is 0 Å². The fourth-order valence-corrected chi connectivity index (χ4v) is 4.41. The number of aromatic nitrogens is 2. The highest BCUT2D eigenvalue weighted by Gasteiger charge is 2.22. The Kier molecular flexibility index (Phi) is 8.34. The lowest BCUT2D eigenvalue weighted by molar-refractivity contribution is 0.0541. The molecular weight excluding hydrogens is 498 g/mol. The SMILES string of the molecule is CNC(=O)OC(C)(C)C.O=Cc1cc(-c2ccccc2)n(S(=O)(=O)c2cncc(Br)c2)c1. The van der Waals surface area contributed by atoms with E-state index in [2.05, 4.69) is 26.2 Å². The van der Waals surface area contributed by atoms with E-state index in [9.17, 15) is 18.0 Å². The van der Waals surface area contributed by atoms with Crippen LogP contribution in [-0.4, -0.2) is 42.4 Å². The van der Waals surface area contributed by atoms with Gasteiger partial charge in [-0.15, -0.1) is 0 Å². The Hall–Kier alpha value is -2.98. The largest absolute Gasteiger partial charge is 0.444 e. The lowest BCUT2D eigenvalue weighted by Crippen LogP contribution is -2.30. The molecule has 3 rings (SSSR count). The normalized spacial score (nSPS) is 11.2. The smallest absolute Gasteiger partial charge is 0.407 e. The summed E-state index contributed by atoms with van der Waals surface area (Å²) in [5.41, 5.74) is 1.02. The summed E-state index contributed by atoms with van der Waals surface area (Å²) in [6.07, 6.45) is 4.32. The van der Waals surface area contributed by atoms with Crippen LogP contribution in [0.5, 0.6) is 0 Å². The zero-order valence-electron chi connectivity index (χ0n) is 18.1. The van der Waals surface area contributed by atoms with E-state index in [1.54, 1.807) is 30.3 Å². The van der Waals surface area contributed by atoms with Crippen molar-refractivity contribution in [3.63, 3.8) is 0 Å². The first kappa shape index (κ1) is 25.3. The average molecular weight is 522 g/mol. The van der Waals surface area contributed by atoms with Gasteiger partial charge >= 0.3 is 6.09 Å². The van der Waals surface area contributed by atoms with Crippen LogP contribution in [0.3, 0.4) is 0 Å². The molecule has 0 saturated heterocycles. The summed E-state index contributed by atoms with van der Waals surface area (Å²) in [6, 6.07) is 12.0. The van der Waals surface area contributed by atoms with E-state index in [0.717, 1.165) is 3.97 Å². The lowest BCUT2D eigenvalue weighted by atomic mass is 10.1. The Balaban J connectivity index is 0.000000344. The Bertz CT molecular complexity index is 1190. The Morgan fingerprint density at radius 1 is 1.16 bits per heavy atom. The topological polar surface area (TPSA) is 107 Å². The second kappa shape index (κ2) is 10.6. The molecule has 170 valence electrons. The molecule has 0 aliphatic heterocycles. The van der Waals surface area contributed by atoms with E-state index in [-0.39, 0.29) is 22.2 Å². The molecule has 2 aromatic heterocycles. The van der Waals surface area contributed by atoms with Gasteiger partial charge < -0.3 is 10.1 Å². The molecule has 10 heteroatoms. The van der Waals surface area contributed by atoms with Crippen molar-refractivity contribution in [3.8, 4) is 11.3 Å². The van der Waals surface area contributed by atoms with Crippen LogP contribution < -0.4 is 5.32 Å². The molecule has 0 spiro atoms. The molecule has 1 N–H and O–H groups in total. The maximum absolute atomic E-state index is 12.9. The van der Waals surface area contributed by atoms with Crippen molar-refractivity contribution in [3.05, 3.63) is 71.1 Å². The van der Waals surface area contributed by atoms with Crippen LogP contribution in [0.4, 0.5) is 4.79 Å². The number of benzene rings is 1. The lowest BCUT2D eigenvalue weighted by Gasteiger charge is -2.18. The summed E-state index contributed by atoms with van der Waals surface area (Å²) < 4.78 is 32.3. The van der Waals surface area contributed by atoms with Crippen molar-refractivity contribution >= 4 is 38.3 Å². The molecule has 0 aliphatic carbocycles. The molecule has 0 saturated carbocycles. The second-order valence-electron chi connectivity index (χ2n) is 7.53. The van der Waals surface area contributed by atoms with Crippen molar-refractivity contribution in [2.75, 3.05) is 7.05 Å². The first-order valence-corrected chi connectivity index (χ1v) is 11.7. The van der Waals surface area contributed by atoms with E-state index < -0.39 is 10.0 Å². The number of carbonyl (C=O) groups excluding carboxylic acids is 2. The minimum Gasteiger partial charge on any atom is -0.444 e. The number of alkyl carbamates (subject to hydrolysis) is 1. The third-order valence-electron chi connectivity index (χ3n) is 3.85. The van der Waals surface area contributed by atoms with Crippen molar-refractivity contribution < 1.29 is 22.7 Å². The van der Waals surface area contributed by atoms with E-state index in [1.807, 2.05) is 26.8 Å². The third-order valence-corrected chi connectivity index (χ3v) is 5.93. The summed E-state index contributed by atoms with van der Waals surface area (Å²) in [6.45, 7) is 5.46. The number of aldehydes is 1. The molecule has 0 atom stereocenters. The number of ether oxygens (including phenoxy) is 1. The highest BCUT2D eigenvalue weighted by Crippen LogP contribution is 2.27. The van der Waals surface area contributed by atoms with Gasteiger partial charge in [-0.1, -0.05) is 30.3 Å². The molecular formula is C22H24BrN3O5S. The fourth-order valence-electron chi connectivity index (χ4n) is 2.52. The third kappa shape index (κ3) is 6.76. The van der Waals surface area contributed by atoms with E-state index in [0.29, 0.717) is 22.0 Å². The predicted molar refractivity (Wildman–Crippen MR) is 125 cm³/mol. The number of amides is 1. The van der Waals surface area contributed by atoms with Crippen molar-refractivity contribution in [1.82, 2.24) is 14.3 Å². The Labute approximate surface area is 195 Å². The summed E-state index contributed by atoms with van der Waals surface area (Å²) in [4.78, 5) is 25.5. The first-order chi connectivity index (χ1) is 15.0. The molecule has 0 fully saturated rings. The molecule has 0 unspecified atom stereocenters. The highest BCUT2D eigenvalue weighted by atomic mass is 79.9. The predicted octanol–water partition coefficient (Wildman–Crippen LogP) is 4.50. The molecule has 3 aromatic rings. The number of pyridine rings is 1. The van der Waals surface area contributed by atoms with Crippen LogP contribution in [-0.2, 0) is 14.8 Å². The second-order valence-corrected chi connectivity index (χ2v) is 10.3. The molecule has 0 bridgehead atoms. The van der Waals surface area contributed by atoms with Gasteiger partial charge in [0.1, 0.15) is 10.5 Å². The maximum atomic E-state index is 12.9. The molecule has 32 heavy (non-hydrogen) atoms. The maximum Gasteiger partial charge on any atom is 0.407 e. The van der Waals surface area contributed by atoms with Crippen LogP contribution >= 0.6 is 15.9 Å². The average Bonchev–Trinajstić information content (AvgIpc) is 3.19. The number of hydrogen-bond acceptors (Lipinski definition) is 6. The number of rotatable bonds is 4. The van der Waals surface area contributed by atoms with Gasteiger partial charge in [0.2, 0.25) is 0 Å². The van der Waals surface area contributed by atoms with Crippen LogP contribution in [0.15, 0.2) is 70.4 Å². The van der Waals surface area contributed by atoms with E-state index >= 15 is 0 Å². The van der Waals surface area contributed by atoms with Crippen LogP contribution in [0.25, 0.3) is 11.3 Å².